The first kappa shape index (κ1) is 14.0. The lowest BCUT2D eigenvalue weighted by Crippen LogP contribution is -2.18. The molecule has 0 aliphatic carbocycles. The van der Waals surface area contributed by atoms with Gasteiger partial charge in [-0.2, -0.15) is 0 Å². The standard InChI is InChI=1S/C15H15BrFNO/c1-10(18)8-11-9-12(16)6-7-14(11)19-15-5-3-2-4-13(15)17/h2-7,9-10H,8,18H2,1H3. The van der Waals surface area contributed by atoms with Gasteiger partial charge in [0.05, 0.1) is 0 Å². The monoisotopic (exact) mass is 323 g/mol. The van der Waals surface area contributed by atoms with Crippen LogP contribution in [0.2, 0.25) is 0 Å². The Hall–Kier alpha value is -1.39. The van der Waals surface area contributed by atoms with Gasteiger partial charge in [0.2, 0.25) is 0 Å². The number of hydrogen-bond donors (Lipinski definition) is 1. The number of nitrogens with two attached hydrogens (primary N) is 1. The summed E-state index contributed by atoms with van der Waals surface area (Å²) in [4.78, 5) is 0. The van der Waals surface area contributed by atoms with E-state index < -0.39 is 0 Å². The van der Waals surface area contributed by atoms with Crippen molar-refractivity contribution in [2.45, 2.75) is 19.4 Å². The van der Waals surface area contributed by atoms with Crippen LogP contribution in [0.3, 0.4) is 0 Å². The van der Waals surface area contributed by atoms with Crippen LogP contribution in [-0.2, 0) is 6.42 Å². The lowest BCUT2D eigenvalue weighted by molar-refractivity contribution is 0.436. The molecule has 19 heavy (non-hydrogen) atoms. The molecule has 2 nitrogen and oxygen atoms in total. The summed E-state index contributed by atoms with van der Waals surface area (Å²) in [7, 11) is 0. The fourth-order valence-electron chi connectivity index (χ4n) is 1.80. The zero-order chi connectivity index (χ0) is 13.8. The van der Waals surface area contributed by atoms with Crippen molar-refractivity contribution in [2.75, 3.05) is 0 Å². The van der Waals surface area contributed by atoms with Crippen LogP contribution in [0.15, 0.2) is 46.9 Å². The zero-order valence-corrected chi connectivity index (χ0v) is 12.2. The Balaban J connectivity index is 2.32. The van der Waals surface area contributed by atoms with Gasteiger partial charge in [0.15, 0.2) is 11.6 Å². The van der Waals surface area contributed by atoms with Gasteiger partial charge >= 0.3 is 0 Å². The van der Waals surface area contributed by atoms with Crippen molar-refractivity contribution in [1.29, 1.82) is 0 Å². The van der Waals surface area contributed by atoms with Crippen molar-refractivity contribution >= 4 is 15.9 Å². The van der Waals surface area contributed by atoms with E-state index in [9.17, 15) is 4.39 Å². The largest absolute Gasteiger partial charge is 0.454 e. The predicted molar refractivity (Wildman–Crippen MR) is 78.0 cm³/mol. The highest BCUT2D eigenvalue weighted by Gasteiger charge is 2.10. The van der Waals surface area contributed by atoms with Crippen molar-refractivity contribution in [3.63, 3.8) is 0 Å². The Morgan fingerprint density at radius 1 is 1.21 bits per heavy atom. The van der Waals surface area contributed by atoms with E-state index in [4.69, 9.17) is 10.5 Å². The molecule has 1 atom stereocenters. The average Bonchev–Trinajstić information content (AvgIpc) is 2.34. The molecule has 0 fully saturated rings. The minimum absolute atomic E-state index is 0.0114. The average molecular weight is 324 g/mol. The molecule has 2 N–H and O–H groups in total. The Labute approximate surface area is 120 Å². The van der Waals surface area contributed by atoms with Crippen molar-refractivity contribution in [2.24, 2.45) is 5.73 Å². The van der Waals surface area contributed by atoms with Crippen LogP contribution >= 0.6 is 15.9 Å². The highest BCUT2D eigenvalue weighted by atomic mass is 79.9. The van der Waals surface area contributed by atoms with Crippen LogP contribution in [0, 0.1) is 5.82 Å². The van der Waals surface area contributed by atoms with Gasteiger partial charge in [-0.1, -0.05) is 28.1 Å². The first-order valence-corrected chi connectivity index (χ1v) is 6.82. The molecule has 0 saturated carbocycles. The number of halogens is 2. The summed E-state index contributed by atoms with van der Waals surface area (Å²) in [6.07, 6.45) is 0.670. The fraction of sp³-hybridized carbons (Fsp3) is 0.200. The van der Waals surface area contributed by atoms with Crippen LogP contribution in [0.1, 0.15) is 12.5 Å². The first-order valence-electron chi connectivity index (χ1n) is 6.02. The quantitative estimate of drug-likeness (QED) is 0.911. The van der Waals surface area contributed by atoms with Crippen LogP contribution in [0.25, 0.3) is 0 Å². The molecule has 2 rings (SSSR count). The van der Waals surface area contributed by atoms with Gasteiger partial charge in [0.25, 0.3) is 0 Å². The maximum absolute atomic E-state index is 13.6. The molecule has 0 amide bonds. The van der Waals surface area contributed by atoms with Crippen molar-refractivity contribution in [3.05, 3.63) is 58.3 Å². The van der Waals surface area contributed by atoms with E-state index in [0.717, 1.165) is 10.0 Å². The molecule has 0 spiro atoms. The van der Waals surface area contributed by atoms with E-state index in [1.54, 1.807) is 18.2 Å². The second-order valence-corrected chi connectivity index (χ2v) is 5.38. The second kappa shape index (κ2) is 6.17. The summed E-state index contributed by atoms with van der Waals surface area (Å²) < 4.78 is 20.2. The van der Waals surface area contributed by atoms with Crippen LogP contribution in [-0.4, -0.2) is 6.04 Å². The number of benzene rings is 2. The Kier molecular flexibility index (Phi) is 4.56. The van der Waals surface area contributed by atoms with Crippen molar-refractivity contribution in [1.82, 2.24) is 0 Å². The molecular weight excluding hydrogens is 309 g/mol. The molecule has 2 aromatic rings. The molecule has 100 valence electrons. The molecular formula is C15H15BrFNO. The number of hydrogen-bond acceptors (Lipinski definition) is 2. The third kappa shape index (κ3) is 3.78. The maximum Gasteiger partial charge on any atom is 0.165 e. The van der Waals surface area contributed by atoms with E-state index in [-0.39, 0.29) is 17.6 Å². The van der Waals surface area contributed by atoms with Crippen molar-refractivity contribution < 1.29 is 9.13 Å². The number of ether oxygens (including phenoxy) is 1. The minimum Gasteiger partial charge on any atom is -0.454 e. The lowest BCUT2D eigenvalue weighted by atomic mass is 10.1. The lowest BCUT2D eigenvalue weighted by Gasteiger charge is -2.13. The SMILES string of the molecule is CC(N)Cc1cc(Br)ccc1Oc1ccccc1F. The van der Waals surface area contributed by atoms with E-state index in [1.807, 2.05) is 25.1 Å². The van der Waals surface area contributed by atoms with Gasteiger partial charge in [0, 0.05) is 10.5 Å². The van der Waals surface area contributed by atoms with E-state index in [1.165, 1.54) is 6.07 Å². The minimum atomic E-state index is -0.378. The molecule has 0 saturated heterocycles. The van der Waals surface area contributed by atoms with E-state index in [2.05, 4.69) is 15.9 Å². The second-order valence-electron chi connectivity index (χ2n) is 4.47. The van der Waals surface area contributed by atoms with Gasteiger partial charge < -0.3 is 10.5 Å². The molecule has 0 aliphatic heterocycles. The van der Waals surface area contributed by atoms with E-state index >= 15 is 0 Å². The van der Waals surface area contributed by atoms with Gasteiger partial charge in [-0.25, -0.2) is 4.39 Å². The Morgan fingerprint density at radius 3 is 2.63 bits per heavy atom. The zero-order valence-electron chi connectivity index (χ0n) is 10.6. The smallest absolute Gasteiger partial charge is 0.165 e. The Bertz CT molecular complexity index is 572. The maximum atomic E-state index is 13.6. The summed E-state index contributed by atoms with van der Waals surface area (Å²) in [6.45, 7) is 1.92. The highest BCUT2D eigenvalue weighted by Crippen LogP contribution is 2.30. The summed E-state index contributed by atoms with van der Waals surface area (Å²) in [5.74, 6) is 0.471. The highest BCUT2D eigenvalue weighted by molar-refractivity contribution is 9.10. The van der Waals surface area contributed by atoms with Gasteiger partial charge in [0.1, 0.15) is 5.75 Å². The van der Waals surface area contributed by atoms with Crippen LogP contribution in [0.4, 0.5) is 4.39 Å². The third-order valence-electron chi connectivity index (χ3n) is 2.62. The molecule has 0 aromatic heterocycles. The summed E-state index contributed by atoms with van der Waals surface area (Å²) in [5, 5.41) is 0. The van der Waals surface area contributed by atoms with Crippen LogP contribution < -0.4 is 10.5 Å². The molecule has 0 aliphatic rings. The molecule has 0 bridgehead atoms. The van der Waals surface area contributed by atoms with Crippen molar-refractivity contribution in [3.8, 4) is 11.5 Å². The predicted octanol–water partition coefficient (Wildman–Crippen LogP) is 4.27. The molecule has 1 unspecified atom stereocenters. The number of para-hydroxylation sites is 1. The van der Waals surface area contributed by atoms with Gasteiger partial charge in [-0.15, -0.1) is 0 Å². The molecule has 0 radical (unpaired) electrons. The van der Waals surface area contributed by atoms with Crippen LogP contribution in [0.5, 0.6) is 11.5 Å². The van der Waals surface area contributed by atoms with Gasteiger partial charge in [-0.3, -0.25) is 0 Å². The molecule has 4 heteroatoms. The number of rotatable bonds is 4. The first-order chi connectivity index (χ1) is 9.06. The summed E-state index contributed by atoms with van der Waals surface area (Å²) >= 11 is 3.42. The molecule has 2 aromatic carbocycles. The van der Waals surface area contributed by atoms with E-state index in [0.29, 0.717) is 12.2 Å². The summed E-state index contributed by atoms with van der Waals surface area (Å²) in [6, 6.07) is 12.0. The normalized spacial score (nSPS) is 12.2. The summed E-state index contributed by atoms with van der Waals surface area (Å²) in [5.41, 5.74) is 6.77. The Morgan fingerprint density at radius 2 is 1.95 bits per heavy atom. The third-order valence-corrected chi connectivity index (χ3v) is 3.11. The van der Waals surface area contributed by atoms with Gasteiger partial charge in [-0.05, 0) is 49.2 Å². The topological polar surface area (TPSA) is 35.2 Å². The fourth-order valence-corrected chi connectivity index (χ4v) is 2.21. The molecule has 0 heterocycles.